The molecule has 15 heteroatoms. The molecule has 1 aromatic rings. The fourth-order valence-electron chi connectivity index (χ4n) is 7.03. The smallest absolute Gasteiger partial charge is 0.334 e. The molecule has 3 N–H and O–H groups in total. The number of esters is 2. The lowest BCUT2D eigenvalue weighted by molar-refractivity contribution is -0.154. The van der Waals surface area contributed by atoms with E-state index in [4.69, 9.17) is 14.2 Å². The molecule has 15 nitrogen and oxygen atoms in total. The molecule has 0 aromatic heterocycles. The van der Waals surface area contributed by atoms with Gasteiger partial charge in [-0.15, -0.1) is 0 Å². The second kappa shape index (κ2) is 26.4. The third-order valence-electron chi connectivity index (χ3n) is 11.5. The maximum atomic E-state index is 14.3. The Hall–Kier alpha value is -5.21. The van der Waals surface area contributed by atoms with Crippen molar-refractivity contribution in [1.29, 1.82) is 0 Å². The van der Waals surface area contributed by atoms with E-state index in [2.05, 4.69) is 22.9 Å². The van der Waals surface area contributed by atoms with Crippen LogP contribution in [0.3, 0.4) is 0 Å². The van der Waals surface area contributed by atoms with E-state index < -0.39 is 84.4 Å². The Balaban J connectivity index is 2.60. The summed E-state index contributed by atoms with van der Waals surface area (Å²) in [6.07, 6.45) is 5.32. The highest BCUT2D eigenvalue weighted by Crippen LogP contribution is 2.23. The molecular formula is C48H75N5O10. The molecule has 0 spiro atoms. The predicted octanol–water partition coefficient (Wildman–Crippen LogP) is 5.45. The van der Waals surface area contributed by atoms with Crippen molar-refractivity contribution in [3.8, 4) is 5.75 Å². The first-order valence-corrected chi connectivity index (χ1v) is 22.5. The number of rotatable bonds is 11. The van der Waals surface area contributed by atoms with Crippen LogP contribution < -0.4 is 20.7 Å². The van der Waals surface area contributed by atoms with Crippen LogP contribution in [0.2, 0.25) is 0 Å². The molecule has 0 bridgehead atoms. The second-order valence-electron chi connectivity index (χ2n) is 17.5. The van der Waals surface area contributed by atoms with Crippen LogP contribution in [0.15, 0.2) is 47.6 Å². The summed E-state index contributed by atoms with van der Waals surface area (Å²) in [5.74, 6) is -4.31. The molecule has 1 aliphatic heterocycles. The molecule has 5 amide bonds. The van der Waals surface area contributed by atoms with Crippen LogP contribution in [0.1, 0.15) is 120 Å². The summed E-state index contributed by atoms with van der Waals surface area (Å²) in [6, 6.07) is 2.81. The predicted molar refractivity (Wildman–Crippen MR) is 242 cm³/mol. The molecule has 1 aliphatic rings. The molecule has 8 atom stereocenters. The molecule has 0 aliphatic carbocycles. The number of cyclic esters (lactones) is 2. The van der Waals surface area contributed by atoms with Crippen molar-refractivity contribution in [3.05, 3.63) is 53.1 Å². The van der Waals surface area contributed by atoms with Gasteiger partial charge in [0.15, 0.2) is 6.10 Å². The van der Waals surface area contributed by atoms with Crippen molar-refractivity contribution < 1.29 is 47.8 Å². The minimum absolute atomic E-state index is 0.0446. The van der Waals surface area contributed by atoms with Crippen LogP contribution in [0.25, 0.3) is 0 Å². The van der Waals surface area contributed by atoms with Gasteiger partial charge >= 0.3 is 11.9 Å². The molecule has 0 radical (unpaired) electrons. The Labute approximate surface area is 375 Å². The molecule has 1 unspecified atom stereocenters. The van der Waals surface area contributed by atoms with Gasteiger partial charge in [0.2, 0.25) is 23.6 Å². The lowest BCUT2D eigenvalue weighted by Crippen LogP contribution is -2.57. The monoisotopic (exact) mass is 882 g/mol. The number of benzene rings is 1. The Bertz CT molecular complexity index is 1780. The lowest BCUT2D eigenvalue weighted by Gasteiger charge is -2.33. The van der Waals surface area contributed by atoms with Gasteiger partial charge in [-0.1, -0.05) is 78.7 Å². The first kappa shape index (κ1) is 53.9. The number of hydrogen-bond donors (Lipinski definition) is 3. The van der Waals surface area contributed by atoms with Crippen LogP contribution in [0.5, 0.6) is 5.75 Å². The molecule has 0 saturated heterocycles. The van der Waals surface area contributed by atoms with E-state index in [9.17, 15) is 33.6 Å². The quantitative estimate of drug-likeness (QED) is 0.147. The van der Waals surface area contributed by atoms with Gasteiger partial charge in [0.05, 0.1) is 13.2 Å². The summed E-state index contributed by atoms with van der Waals surface area (Å²) in [7, 11) is 2.89. The van der Waals surface area contributed by atoms with Crippen molar-refractivity contribution in [2.45, 2.75) is 157 Å². The fraction of sp³-hybridized carbons (Fsp3) is 0.646. The first-order chi connectivity index (χ1) is 29.6. The standard InChI is InChI=1S/C48H75N5O10/c1-14-17-25-61-37-23-21-36(22-24-37)27-38-46(58)52(12)28-40(54)51-41(30(6)15-2)44(56)50-35(11)48(60)63-42(31(7)16-3)32(8)19-18-20-33(9)47(59)62-39(26-29(4)5)43(55)49-34(10)45(57)53(38)13/h16,20-24,29-30,32,34-35,38-39,41-42H,14-15,17-19,25-28H2,1-13H3,(H,49,55)(H,50,56)(H,51,54)/b31-16+,33-20+/t30?,32-,34-,35+,38+,39+,41-,42+/m0/s1. The van der Waals surface area contributed by atoms with Gasteiger partial charge < -0.3 is 40.0 Å². The van der Waals surface area contributed by atoms with Crippen molar-refractivity contribution >= 4 is 41.5 Å². The second-order valence-corrected chi connectivity index (χ2v) is 17.5. The zero-order chi connectivity index (χ0) is 47.6. The Kier molecular flexibility index (Phi) is 22.6. The SMILES string of the molecule is C/C=C(\C)[C@H]1OC(=O)[C@@H](C)NC(=O)[C@H](C(C)CC)NC(=O)CN(C)C(=O)[C@@H](Cc2ccc(OCCCC)cc2)N(C)C(=O)[C@H](C)NC(=O)[C@@H](CC(C)C)OC(=O)/C(C)=C/CC[C@@H]1C. The summed E-state index contributed by atoms with van der Waals surface area (Å²) >= 11 is 0. The maximum Gasteiger partial charge on any atom is 0.334 e. The summed E-state index contributed by atoms with van der Waals surface area (Å²) < 4.78 is 17.5. The molecule has 1 heterocycles. The maximum absolute atomic E-state index is 14.3. The van der Waals surface area contributed by atoms with Crippen LogP contribution in [0, 0.1) is 17.8 Å². The van der Waals surface area contributed by atoms with E-state index in [0.717, 1.165) is 18.4 Å². The number of carbonyl (C=O) groups excluding carboxylic acids is 7. The third-order valence-corrected chi connectivity index (χ3v) is 11.5. The molecule has 0 saturated carbocycles. The summed E-state index contributed by atoms with van der Waals surface area (Å²) in [5, 5.41) is 8.18. The largest absolute Gasteiger partial charge is 0.494 e. The number of hydrogen-bond acceptors (Lipinski definition) is 10. The summed E-state index contributed by atoms with van der Waals surface area (Å²) in [5.41, 5.74) is 1.80. The van der Waals surface area contributed by atoms with Crippen LogP contribution in [0.4, 0.5) is 0 Å². The Morgan fingerprint density at radius 2 is 1.52 bits per heavy atom. The Morgan fingerprint density at radius 1 is 0.889 bits per heavy atom. The van der Waals surface area contributed by atoms with E-state index in [1.54, 1.807) is 44.2 Å². The van der Waals surface area contributed by atoms with Crippen molar-refractivity contribution in [1.82, 2.24) is 25.8 Å². The molecule has 2 rings (SSSR count). The number of unbranched alkanes of at least 4 members (excludes halogenated alkanes) is 1. The highest BCUT2D eigenvalue weighted by atomic mass is 16.6. The molecule has 1 aromatic carbocycles. The number of carbonyl (C=O) groups is 7. The number of allylic oxidation sites excluding steroid dienone is 2. The lowest BCUT2D eigenvalue weighted by atomic mass is 9.93. The zero-order valence-electron chi connectivity index (χ0n) is 40.0. The van der Waals surface area contributed by atoms with Gasteiger partial charge in [-0.3, -0.25) is 24.0 Å². The highest BCUT2D eigenvalue weighted by molar-refractivity contribution is 5.96. The van der Waals surface area contributed by atoms with E-state index in [1.165, 1.54) is 37.7 Å². The van der Waals surface area contributed by atoms with Gasteiger partial charge in [0.1, 0.15) is 36.0 Å². The van der Waals surface area contributed by atoms with Crippen molar-refractivity contribution in [3.63, 3.8) is 0 Å². The summed E-state index contributed by atoms with van der Waals surface area (Å²) in [4.78, 5) is 98.8. The van der Waals surface area contributed by atoms with E-state index >= 15 is 0 Å². The van der Waals surface area contributed by atoms with Crippen LogP contribution in [-0.2, 0) is 49.5 Å². The minimum Gasteiger partial charge on any atom is -0.494 e. The average Bonchev–Trinajstić information content (AvgIpc) is 3.24. The van der Waals surface area contributed by atoms with Crippen LogP contribution in [-0.4, -0.2) is 115 Å². The van der Waals surface area contributed by atoms with Crippen molar-refractivity contribution in [2.75, 3.05) is 27.2 Å². The number of amides is 5. The van der Waals surface area contributed by atoms with Gasteiger partial charge in [-0.25, -0.2) is 9.59 Å². The number of nitrogens with one attached hydrogen (secondary N) is 3. The van der Waals surface area contributed by atoms with Gasteiger partial charge in [0, 0.05) is 26.1 Å². The van der Waals surface area contributed by atoms with E-state index in [1.807, 2.05) is 47.6 Å². The fourth-order valence-corrected chi connectivity index (χ4v) is 7.03. The van der Waals surface area contributed by atoms with E-state index in [0.29, 0.717) is 37.2 Å². The first-order valence-electron chi connectivity index (χ1n) is 22.5. The zero-order valence-corrected chi connectivity index (χ0v) is 40.0. The highest BCUT2D eigenvalue weighted by Gasteiger charge is 2.36. The molecule has 63 heavy (non-hydrogen) atoms. The third kappa shape index (κ3) is 17.1. The Morgan fingerprint density at radius 3 is 2.11 bits per heavy atom. The number of nitrogens with zero attached hydrogens (tertiary/aromatic N) is 2. The topological polar surface area (TPSA) is 190 Å². The van der Waals surface area contributed by atoms with Gasteiger partial charge in [-0.05, 0) is 101 Å². The number of ether oxygens (including phenoxy) is 3. The van der Waals surface area contributed by atoms with Crippen molar-refractivity contribution in [2.24, 2.45) is 17.8 Å². The van der Waals surface area contributed by atoms with Crippen LogP contribution >= 0.6 is 0 Å². The minimum atomic E-state index is -1.21. The average molecular weight is 882 g/mol. The van der Waals surface area contributed by atoms with Gasteiger partial charge in [0.25, 0.3) is 5.91 Å². The molecular weight excluding hydrogens is 807 g/mol. The van der Waals surface area contributed by atoms with E-state index in [-0.39, 0.29) is 36.2 Å². The molecule has 352 valence electrons. The number of likely N-dealkylation sites (N-methyl/N-ethyl adjacent to an activating group) is 2. The molecule has 0 fully saturated rings. The normalized spacial score (nSPS) is 26.5. The summed E-state index contributed by atoms with van der Waals surface area (Å²) in [6.45, 7) is 19.8. The van der Waals surface area contributed by atoms with Gasteiger partial charge in [-0.2, -0.15) is 0 Å².